The molecule has 0 N–H and O–H groups in total. The molecule has 0 aromatic carbocycles. The lowest BCUT2D eigenvalue weighted by atomic mass is 9.62. The van der Waals surface area contributed by atoms with Gasteiger partial charge in [0, 0.05) is 0 Å². The lowest BCUT2D eigenvalue weighted by Crippen LogP contribution is -2.33. The van der Waals surface area contributed by atoms with Gasteiger partial charge in [-0.1, -0.05) is 81.1 Å². The standard InChI is InChI=1S/C20H42/c1-9-17(6)14-20(19(8)11-3,13-12-16(4)5)15-18(7)10-2/h16-19H,9-15H2,1-8H3. The minimum atomic E-state index is 0.587. The Balaban J connectivity index is 5.15. The predicted octanol–water partition coefficient (Wildman–Crippen LogP) is 7.33. The van der Waals surface area contributed by atoms with Gasteiger partial charge >= 0.3 is 0 Å². The highest BCUT2D eigenvalue weighted by Gasteiger charge is 2.36. The monoisotopic (exact) mass is 282 g/mol. The van der Waals surface area contributed by atoms with Gasteiger partial charge in [-0.2, -0.15) is 0 Å². The van der Waals surface area contributed by atoms with E-state index < -0.39 is 0 Å². The number of hydrogen-bond donors (Lipinski definition) is 0. The second-order valence-electron chi connectivity index (χ2n) is 8.04. The molecule has 0 bridgehead atoms. The van der Waals surface area contributed by atoms with E-state index in [1.54, 1.807) is 0 Å². The molecule has 3 unspecified atom stereocenters. The maximum absolute atomic E-state index is 2.52. The fourth-order valence-corrected chi connectivity index (χ4v) is 3.62. The lowest BCUT2D eigenvalue weighted by molar-refractivity contribution is 0.0708. The molecule has 0 heterocycles. The summed E-state index contributed by atoms with van der Waals surface area (Å²) in [7, 11) is 0. The van der Waals surface area contributed by atoms with Crippen LogP contribution in [0.25, 0.3) is 0 Å². The van der Waals surface area contributed by atoms with Gasteiger partial charge in [0.25, 0.3) is 0 Å². The second-order valence-corrected chi connectivity index (χ2v) is 8.04. The summed E-state index contributed by atoms with van der Waals surface area (Å²) in [6.45, 7) is 19.3. The van der Waals surface area contributed by atoms with Crippen LogP contribution < -0.4 is 0 Å². The first-order valence-electron chi connectivity index (χ1n) is 9.31. The van der Waals surface area contributed by atoms with E-state index in [9.17, 15) is 0 Å². The summed E-state index contributed by atoms with van der Waals surface area (Å²) in [5.41, 5.74) is 0.587. The van der Waals surface area contributed by atoms with Crippen molar-refractivity contribution < 1.29 is 0 Å². The molecule has 0 spiro atoms. The predicted molar refractivity (Wildman–Crippen MR) is 94.1 cm³/mol. The summed E-state index contributed by atoms with van der Waals surface area (Å²) < 4.78 is 0. The van der Waals surface area contributed by atoms with E-state index >= 15 is 0 Å². The van der Waals surface area contributed by atoms with Gasteiger partial charge < -0.3 is 0 Å². The van der Waals surface area contributed by atoms with Gasteiger partial charge in [-0.15, -0.1) is 0 Å². The first kappa shape index (κ1) is 20.0. The molecule has 0 saturated heterocycles. The van der Waals surface area contributed by atoms with Crippen molar-refractivity contribution in [2.75, 3.05) is 0 Å². The van der Waals surface area contributed by atoms with Gasteiger partial charge in [0.15, 0.2) is 0 Å². The molecule has 0 amide bonds. The Morgan fingerprint density at radius 1 is 0.700 bits per heavy atom. The molecule has 0 saturated carbocycles. The summed E-state index contributed by atoms with van der Waals surface area (Å²) in [5.74, 6) is 3.46. The molecule has 0 rings (SSSR count). The molecular weight excluding hydrogens is 240 g/mol. The fraction of sp³-hybridized carbons (Fsp3) is 1.00. The first-order chi connectivity index (χ1) is 9.31. The normalized spacial score (nSPS) is 19.6. The van der Waals surface area contributed by atoms with E-state index in [1.807, 2.05) is 0 Å². The van der Waals surface area contributed by atoms with Gasteiger partial charge in [0.2, 0.25) is 0 Å². The zero-order chi connectivity index (χ0) is 15.8. The summed E-state index contributed by atoms with van der Waals surface area (Å²) in [4.78, 5) is 0. The Morgan fingerprint density at radius 3 is 1.45 bits per heavy atom. The first-order valence-corrected chi connectivity index (χ1v) is 9.31. The minimum Gasteiger partial charge on any atom is -0.0651 e. The Kier molecular flexibility index (Phi) is 9.85. The molecule has 0 heteroatoms. The van der Waals surface area contributed by atoms with Crippen molar-refractivity contribution in [3.63, 3.8) is 0 Å². The maximum atomic E-state index is 2.52. The highest BCUT2D eigenvalue weighted by Crippen LogP contribution is 2.47. The average Bonchev–Trinajstić information content (AvgIpc) is 2.43. The van der Waals surface area contributed by atoms with Crippen LogP contribution in [-0.2, 0) is 0 Å². The van der Waals surface area contributed by atoms with Crippen LogP contribution in [0.2, 0.25) is 0 Å². The summed E-state index contributed by atoms with van der Waals surface area (Å²) in [6, 6.07) is 0. The SMILES string of the molecule is CCC(C)CC(CCC(C)C)(CC(C)CC)C(C)CC. The van der Waals surface area contributed by atoms with Crippen molar-refractivity contribution in [2.45, 2.75) is 100 Å². The van der Waals surface area contributed by atoms with Crippen LogP contribution in [0.4, 0.5) is 0 Å². The van der Waals surface area contributed by atoms with E-state index in [1.165, 1.54) is 44.9 Å². The van der Waals surface area contributed by atoms with Gasteiger partial charge in [-0.25, -0.2) is 0 Å². The van der Waals surface area contributed by atoms with Gasteiger partial charge in [-0.3, -0.25) is 0 Å². The Morgan fingerprint density at radius 2 is 1.15 bits per heavy atom. The van der Waals surface area contributed by atoms with Crippen LogP contribution in [-0.4, -0.2) is 0 Å². The summed E-state index contributed by atoms with van der Waals surface area (Å²) in [5, 5.41) is 0. The third kappa shape index (κ3) is 6.64. The molecule has 0 radical (unpaired) electrons. The van der Waals surface area contributed by atoms with Crippen molar-refractivity contribution in [3.8, 4) is 0 Å². The summed E-state index contributed by atoms with van der Waals surface area (Å²) in [6.07, 6.45) is 9.72. The van der Waals surface area contributed by atoms with E-state index in [0.717, 1.165) is 23.7 Å². The smallest absolute Gasteiger partial charge is 0.0267 e. The Bertz CT molecular complexity index is 216. The van der Waals surface area contributed by atoms with E-state index in [4.69, 9.17) is 0 Å². The van der Waals surface area contributed by atoms with Crippen molar-refractivity contribution in [3.05, 3.63) is 0 Å². The molecule has 0 aromatic heterocycles. The van der Waals surface area contributed by atoms with Crippen molar-refractivity contribution >= 4 is 0 Å². The molecule has 0 aromatic rings. The quantitative estimate of drug-likeness (QED) is 0.372. The Labute approximate surface area is 130 Å². The Hall–Kier alpha value is 0. The van der Waals surface area contributed by atoms with E-state index in [2.05, 4.69) is 55.4 Å². The van der Waals surface area contributed by atoms with Crippen LogP contribution in [0, 0.1) is 29.1 Å². The third-order valence-electron chi connectivity index (χ3n) is 5.78. The molecule has 3 atom stereocenters. The zero-order valence-corrected chi connectivity index (χ0v) is 15.8. The van der Waals surface area contributed by atoms with Crippen LogP contribution in [0.1, 0.15) is 100 Å². The van der Waals surface area contributed by atoms with Gasteiger partial charge in [0.05, 0.1) is 0 Å². The molecule has 0 nitrogen and oxygen atoms in total. The minimum absolute atomic E-state index is 0.587. The van der Waals surface area contributed by atoms with Crippen LogP contribution in [0.5, 0.6) is 0 Å². The van der Waals surface area contributed by atoms with Crippen LogP contribution >= 0.6 is 0 Å². The van der Waals surface area contributed by atoms with E-state index in [-0.39, 0.29) is 0 Å². The van der Waals surface area contributed by atoms with Crippen molar-refractivity contribution in [1.82, 2.24) is 0 Å². The summed E-state index contributed by atoms with van der Waals surface area (Å²) >= 11 is 0. The largest absolute Gasteiger partial charge is 0.0651 e. The number of rotatable bonds is 11. The third-order valence-corrected chi connectivity index (χ3v) is 5.78. The molecule has 0 fully saturated rings. The molecule has 0 aliphatic rings. The van der Waals surface area contributed by atoms with Crippen LogP contribution in [0.3, 0.4) is 0 Å². The number of hydrogen-bond acceptors (Lipinski definition) is 0. The highest BCUT2D eigenvalue weighted by molar-refractivity contribution is 4.87. The van der Waals surface area contributed by atoms with E-state index in [0.29, 0.717) is 5.41 Å². The molecular formula is C20H42. The fourth-order valence-electron chi connectivity index (χ4n) is 3.62. The second kappa shape index (κ2) is 9.85. The highest BCUT2D eigenvalue weighted by atomic mass is 14.4. The van der Waals surface area contributed by atoms with Gasteiger partial charge in [0.1, 0.15) is 0 Å². The van der Waals surface area contributed by atoms with Gasteiger partial charge in [-0.05, 0) is 48.3 Å². The molecule has 20 heavy (non-hydrogen) atoms. The zero-order valence-electron chi connectivity index (χ0n) is 15.8. The van der Waals surface area contributed by atoms with Crippen molar-refractivity contribution in [1.29, 1.82) is 0 Å². The molecule has 0 aliphatic carbocycles. The molecule has 122 valence electrons. The lowest BCUT2D eigenvalue weighted by Gasteiger charge is -2.43. The maximum Gasteiger partial charge on any atom is -0.0267 e. The van der Waals surface area contributed by atoms with Crippen LogP contribution in [0.15, 0.2) is 0 Å². The average molecular weight is 283 g/mol. The molecule has 0 aliphatic heterocycles. The topological polar surface area (TPSA) is 0 Å². The van der Waals surface area contributed by atoms with Crippen molar-refractivity contribution in [2.24, 2.45) is 29.1 Å².